The van der Waals surface area contributed by atoms with Crippen molar-refractivity contribution in [1.82, 2.24) is 4.90 Å². The zero-order valence-electron chi connectivity index (χ0n) is 15.0. The summed E-state index contributed by atoms with van der Waals surface area (Å²) in [5.41, 5.74) is 6.41. The van der Waals surface area contributed by atoms with Crippen LogP contribution < -0.4 is 10.6 Å². The number of benzene rings is 1. The predicted octanol–water partition coefficient (Wildman–Crippen LogP) is 2.97. The van der Waals surface area contributed by atoms with Crippen LogP contribution in [0, 0.1) is 0 Å². The zero-order chi connectivity index (χ0) is 18.6. The molecule has 0 bridgehead atoms. The number of hydrogen-bond acceptors (Lipinski definition) is 4. The Morgan fingerprint density at radius 2 is 2.00 bits per heavy atom. The maximum absolute atomic E-state index is 12.9. The van der Waals surface area contributed by atoms with Gasteiger partial charge in [0.25, 0.3) is 0 Å². The van der Waals surface area contributed by atoms with Crippen LogP contribution in [0.5, 0.6) is 0 Å². The number of piperidine rings is 1. The van der Waals surface area contributed by atoms with Gasteiger partial charge < -0.3 is 20.3 Å². The molecule has 2 N–H and O–H groups in total. The summed E-state index contributed by atoms with van der Waals surface area (Å²) in [5, 5.41) is 0. The van der Waals surface area contributed by atoms with Gasteiger partial charge in [0.1, 0.15) is 12.3 Å². The molecule has 25 heavy (non-hydrogen) atoms. The molecule has 1 atom stereocenters. The Morgan fingerprint density at radius 1 is 1.36 bits per heavy atom. The van der Waals surface area contributed by atoms with Crippen molar-refractivity contribution < 1.29 is 18.7 Å². The van der Waals surface area contributed by atoms with Crippen molar-refractivity contribution in [3.63, 3.8) is 0 Å². The van der Waals surface area contributed by atoms with Crippen LogP contribution in [0.15, 0.2) is 24.3 Å². The molecule has 0 aromatic heterocycles. The minimum atomic E-state index is -0.675. The van der Waals surface area contributed by atoms with Crippen molar-refractivity contribution in [3.05, 3.63) is 24.3 Å². The zero-order valence-corrected chi connectivity index (χ0v) is 15.0. The molecule has 1 aliphatic rings. The van der Waals surface area contributed by atoms with E-state index in [0.717, 1.165) is 5.69 Å². The maximum Gasteiger partial charge on any atom is 0.410 e. The Labute approximate surface area is 147 Å². The van der Waals surface area contributed by atoms with E-state index in [1.54, 1.807) is 49.9 Å². The Bertz CT molecular complexity index is 613. The molecule has 1 fully saturated rings. The summed E-state index contributed by atoms with van der Waals surface area (Å²) in [7, 11) is 0. The number of anilines is 2. The summed E-state index contributed by atoms with van der Waals surface area (Å²) in [4.78, 5) is 27.9. The first kappa shape index (κ1) is 19.0. The normalized spacial score (nSPS) is 18.2. The van der Waals surface area contributed by atoms with Crippen LogP contribution in [0.4, 0.5) is 20.6 Å². The maximum atomic E-state index is 12.9. The highest BCUT2D eigenvalue weighted by molar-refractivity contribution is 5.95. The van der Waals surface area contributed by atoms with Crippen molar-refractivity contribution in [2.24, 2.45) is 0 Å². The predicted molar refractivity (Wildman–Crippen MR) is 95.1 cm³/mol. The van der Waals surface area contributed by atoms with Crippen molar-refractivity contribution >= 4 is 23.4 Å². The first-order chi connectivity index (χ1) is 11.7. The first-order valence-electron chi connectivity index (χ1n) is 8.43. The largest absolute Gasteiger partial charge is 0.444 e. The van der Waals surface area contributed by atoms with Crippen molar-refractivity contribution in [1.29, 1.82) is 0 Å². The van der Waals surface area contributed by atoms with Crippen molar-refractivity contribution in [2.45, 2.75) is 45.3 Å². The van der Waals surface area contributed by atoms with Crippen molar-refractivity contribution in [3.8, 4) is 0 Å². The summed E-state index contributed by atoms with van der Waals surface area (Å²) < 4.78 is 18.3. The third-order valence-corrected chi connectivity index (χ3v) is 4.00. The fraction of sp³-hybridized carbons (Fsp3) is 0.556. The average molecular weight is 351 g/mol. The second kappa shape index (κ2) is 7.72. The van der Waals surface area contributed by atoms with Gasteiger partial charge >= 0.3 is 6.09 Å². The minimum absolute atomic E-state index is 0.0747. The van der Waals surface area contributed by atoms with Crippen LogP contribution >= 0.6 is 0 Å². The lowest BCUT2D eigenvalue weighted by atomic mass is 10.0. The van der Waals surface area contributed by atoms with Gasteiger partial charge in [-0.1, -0.05) is 0 Å². The number of nitrogens with two attached hydrogens (primary N) is 1. The Kier molecular flexibility index (Phi) is 5.87. The molecule has 1 heterocycles. The standard InChI is InChI=1S/C18H26FN3O3/c1-18(2,3)25-17(24)22(11-9-19)15-8-10-21(16(23)12-15)14-6-4-13(20)5-7-14/h4-7,15H,8-12,20H2,1-3H3. The molecule has 138 valence electrons. The quantitative estimate of drug-likeness (QED) is 0.846. The van der Waals surface area contributed by atoms with Gasteiger partial charge in [-0.25, -0.2) is 9.18 Å². The summed E-state index contributed by atoms with van der Waals surface area (Å²) in [6, 6.07) is 6.71. The number of nitrogen functional groups attached to an aromatic ring is 1. The molecule has 1 aromatic carbocycles. The first-order valence-corrected chi connectivity index (χ1v) is 8.43. The average Bonchev–Trinajstić information content (AvgIpc) is 2.52. The minimum Gasteiger partial charge on any atom is -0.444 e. The third kappa shape index (κ3) is 5.08. The van der Waals surface area contributed by atoms with Gasteiger partial charge in [0, 0.05) is 30.4 Å². The molecule has 2 amide bonds. The van der Waals surface area contributed by atoms with E-state index in [9.17, 15) is 14.0 Å². The van der Waals surface area contributed by atoms with Crippen LogP contribution in [-0.4, -0.2) is 48.3 Å². The molecule has 6 nitrogen and oxygen atoms in total. The summed E-state index contributed by atoms with van der Waals surface area (Å²) >= 11 is 0. The highest BCUT2D eigenvalue weighted by atomic mass is 19.1. The second-order valence-electron chi connectivity index (χ2n) is 7.15. The van der Waals surface area contributed by atoms with Crippen LogP contribution in [0.1, 0.15) is 33.6 Å². The monoisotopic (exact) mass is 351 g/mol. The van der Waals surface area contributed by atoms with E-state index in [1.165, 1.54) is 4.90 Å². The molecule has 1 aliphatic heterocycles. The van der Waals surface area contributed by atoms with Crippen molar-refractivity contribution in [2.75, 3.05) is 30.4 Å². The van der Waals surface area contributed by atoms with Gasteiger partial charge in [-0.15, -0.1) is 0 Å². The number of alkyl halides is 1. The molecule has 0 aliphatic carbocycles. The van der Waals surface area contributed by atoms with Gasteiger partial charge in [0.2, 0.25) is 5.91 Å². The summed E-state index contributed by atoms with van der Waals surface area (Å²) in [5.74, 6) is -0.103. The number of hydrogen-bond donors (Lipinski definition) is 1. The number of rotatable bonds is 4. The number of carbonyl (C=O) groups is 2. The Hall–Kier alpha value is -2.31. The third-order valence-electron chi connectivity index (χ3n) is 4.00. The van der Waals surface area contributed by atoms with Gasteiger partial charge in [-0.05, 0) is 51.5 Å². The van der Waals surface area contributed by atoms with E-state index < -0.39 is 18.4 Å². The molecule has 7 heteroatoms. The lowest BCUT2D eigenvalue weighted by Gasteiger charge is -2.38. The van der Waals surface area contributed by atoms with E-state index in [-0.39, 0.29) is 24.9 Å². The molecular formula is C18H26FN3O3. The van der Waals surface area contributed by atoms with E-state index in [1.807, 2.05) is 0 Å². The highest BCUT2D eigenvalue weighted by Crippen LogP contribution is 2.25. The number of nitrogens with zero attached hydrogens (tertiary/aromatic N) is 2. The number of ether oxygens (including phenoxy) is 1. The van der Waals surface area contributed by atoms with Crippen LogP contribution in [0.2, 0.25) is 0 Å². The molecule has 1 aromatic rings. The van der Waals surface area contributed by atoms with Gasteiger partial charge in [-0.3, -0.25) is 4.79 Å². The van der Waals surface area contributed by atoms with Gasteiger partial charge in [0.05, 0.1) is 6.54 Å². The lowest BCUT2D eigenvalue weighted by Crippen LogP contribution is -2.51. The molecule has 1 unspecified atom stereocenters. The molecular weight excluding hydrogens is 325 g/mol. The van der Waals surface area contributed by atoms with Crippen LogP contribution in [-0.2, 0) is 9.53 Å². The summed E-state index contributed by atoms with van der Waals surface area (Å²) in [6.07, 6.45) is 0.128. The van der Waals surface area contributed by atoms with Gasteiger partial charge in [0.15, 0.2) is 0 Å². The summed E-state index contributed by atoms with van der Waals surface area (Å²) in [6.45, 7) is 4.98. The SMILES string of the molecule is CC(C)(C)OC(=O)N(CCF)C1CCN(c2ccc(N)cc2)C(=O)C1. The van der Waals surface area contributed by atoms with E-state index in [4.69, 9.17) is 10.5 Å². The lowest BCUT2D eigenvalue weighted by molar-refractivity contribution is -0.121. The molecule has 0 spiro atoms. The fourth-order valence-electron chi connectivity index (χ4n) is 2.84. The Balaban J connectivity index is 2.07. The van der Waals surface area contributed by atoms with E-state index >= 15 is 0 Å². The van der Waals surface area contributed by atoms with Crippen LogP contribution in [0.3, 0.4) is 0 Å². The van der Waals surface area contributed by atoms with Gasteiger partial charge in [-0.2, -0.15) is 0 Å². The highest BCUT2D eigenvalue weighted by Gasteiger charge is 2.34. The Morgan fingerprint density at radius 3 is 2.52 bits per heavy atom. The van der Waals surface area contributed by atoms with Crippen LogP contribution in [0.25, 0.3) is 0 Å². The smallest absolute Gasteiger partial charge is 0.410 e. The number of carbonyl (C=O) groups excluding carboxylic acids is 2. The van der Waals surface area contributed by atoms with E-state index in [0.29, 0.717) is 18.7 Å². The number of halogens is 1. The van der Waals surface area contributed by atoms with E-state index in [2.05, 4.69) is 0 Å². The molecule has 1 saturated heterocycles. The topological polar surface area (TPSA) is 75.9 Å². The molecule has 0 radical (unpaired) electrons. The number of amides is 2. The molecule has 0 saturated carbocycles. The molecule has 2 rings (SSSR count). The second-order valence-corrected chi connectivity index (χ2v) is 7.15. The fourth-order valence-corrected chi connectivity index (χ4v) is 2.84.